The monoisotopic (exact) mass is 496 g/mol. The highest BCUT2D eigenvalue weighted by Crippen LogP contribution is 2.32. The fourth-order valence-corrected chi connectivity index (χ4v) is 6.04. The van der Waals surface area contributed by atoms with Crippen molar-refractivity contribution in [1.82, 2.24) is 9.88 Å². The Labute approximate surface area is 212 Å². The van der Waals surface area contributed by atoms with Crippen LogP contribution in [0.5, 0.6) is 5.75 Å². The van der Waals surface area contributed by atoms with Crippen LogP contribution in [0.1, 0.15) is 44.1 Å². The molecule has 2 atom stereocenters. The molecule has 3 heterocycles. The lowest BCUT2D eigenvalue weighted by Crippen LogP contribution is -2.41. The van der Waals surface area contributed by atoms with E-state index in [0.717, 1.165) is 85.7 Å². The van der Waals surface area contributed by atoms with Crippen LogP contribution in [-0.2, 0) is 11.2 Å². The summed E-state index contributed by atoms with van der Waals surface area (Å²) in [6.45, 7) is 3.18. The molecule has 7 heteroatoms. The van der Waals surface area contributed by atoms with Gasteiger partial charge in [-0.25, -0.2) is 0 Å². The minimum Gasteiger partial charge on any atom is -0.497 e. The van der Waals surface area contributed by atoms with Gasteiger partial charge in [-0.1, -0.05) is 11.8 Å². The molecule has 0 saturated carbocycles. The molecule has 3 aromatic rings. The average molecular weight is 497 g/mol. The summed E-state index contributed by atoms with van der Waals surface area (Å²) in [4.78, 5) is 18.3. The van der Waals surface area contributed by atoms with Gasteiger partial charge in [-0.3, -0.25) is 9.78 Å². The van der Waals surface area contributed by atoms with Crippen molar-refractivity contribution in [2.24, 2.45) is 11.8 Å². The third-order valence-electron chi connectivity index (χ3n) is 7.12. The van der Waals surface area contributed by atoms with Crippen LogP contribution in [0.3, 0.4) is 0 Å². The van der Waals surface area contributed by atoms with Crippen LogP contribution >= 0.6 is 11.8 Å². The van der Waals surface area contributed by atoms with E-state index in [1.165, 1.54) is 5.56 Å². The lowest BCUT2D eigenvalue weighted by Gasteiger charge is -2.39. The van der Waals surface area contributed by atoms with Gasteiger partial charge in [0.2, 0.25) is 0 Å². The highest BCUT2D eigenvalue weighted by atomic mass is 32.2. The van der Waals surface area contributed by atoms with Crippen molar-refractivity contribution in [3.63, 3.8) is 0 Å². The summed E-state index contributed by atoms with van der Waals surface area (Å²) in [5.74, 6) is 2.25. The summed E-state index contributed by atoms with van der Waals surface area (Å²) < 4.78 is 10.8. The molecule has 1 fully saturated rings. The Morgan fingerprint density at radius 3 is 2.94 bits per heavy atom. The first-order chi connectivity index (χ1) is 17.1. The standard InChI is InChI=1S/C28H36N2O4S/c1-33-24-9-10-26-25(19-24)22(12-14-29-26)6-2-5-21-13-16-30(20-23(21)8-11-27(31)32)15-4-18-35-28-7-3-17-34-28/h3,7,9-10,12,14,17,19,21,23H,2,4-6,8,11,13,15-16,18,20H2,1H3,(H,31,32)/t21-,23+/m1/s1. The second-order valence-corrected chi connectivity index (χ2v) is 10.5. The minimum atomic E-state index is -0.687. The second-order valence-electron chi connectivity index (χ2n) is 9.42. The van der Waals surface area contributed by atoms with Gasteiger partial charge >= 0.3 is 5.97 Å². The number of aromatic nitrogens is 1. The molecule has 1 saturated heterocycles. The van der Waals surface area contributed by atoms with Gasteiger partial charge in [-0.2, -0.15) is 0 Å². The molecule has 0 radical (unpaired) electrons. The van der Waals surface area contributed by atoms with Gasteiger partial charge in [0, 0.05) is 30.3 Å². The second kappa shape index (κ2) is 13.0. The van der Waals surface area contributed by atoms with Crippen molar-refractivity contribution < 1.29 is 19.1 Å². The molecular weight excluding hydrogens is 460 g/mol. The first-order valence-electron chi connectivity index (χ1n) is 12.6. The van der Waals surface area contributed by atoms with E-state index in [2.05, 4.69) is 22.0 Å². The number of ether oxygens (including phenoxy) is 1. The first-order valence-corrected chi connectivity index (χ1v) is 13.6. The number of rotatable bonds is 13. The maximum atomic E-state index is 11.3. The zero-order valence-electron chi connectivity index (χ0n) is 20.5. The number of hydrogen-bond donors (Lipinski definition) is 1. The normalized spacial score (nSPS) is 18.7. The van der Waals surface area contributed by atoms with E-state index in [0.29, 0.717) is 11.8 Å². The molecule has 6 nitrogen and oxygen atoms in total. The Kier molecular flexibility index (Phi) is 9.49. The number of fused-ring (bicyclic) bond motifs is 1. The predicted molar refractivity (Wildman–Crippen MR) is 140 cm³/mol. The molecule has 1 aliphatic rings. The summed E-state index contributed by atoms with van der Waals surface area (Å²) in [5, 5.41) is 11.4. The Bertz CT molecular complexity index is 1070. The molecule has 2 aromatic heterocycles. The van der Waals surface area contributed by atoms with Crippen LogP contribution in [0.15, 0.2) is 58.4 Å². The third kappa shape index (κ3) is 7.48. The Hall–Kier alpha value is -2.51. The van der Waals surface area contributed by atoms with Crippen LogP contribution in [0, 0.1) is 11.8 Å². The summed E-state index contributed by atoms with van der Waals surface area (Å²) in [5.41, 5.74) is 2.31. The van der Waals surface area contributed by atoms with Crippen LogP contribution in [0.4, 0.5) is 0 Å². The minimum absolute atomic E-state index is 0.262. The van der Waals surface area contributed by atoms with Crippen molar-refractivity contribution in [2.45, 2.75) is 50.0 Å². The average Bonchev–Trinajstić information content (AvgIpc) is 3.39. The maximum absolute atomic E-state index is 11.3. The maximum Gasteiger partial charge on any atom is 0.303 e. The number of piperidine rings is 1. The van der Waals surface area contributed by atoms with Crippen molar-refractivity contribution in [2.75, 3.05) is 32.5 Å². The topological polar surface area (TPSA) is 75.8 Å². The van der Waals surface area contributed by atoms with Gasteiger partial charge in [0.15, 0.2) is 5.09 Å². The molecule has 1 aromatic carbocycles. The third-order valence-corrected chi connectivity index (χ3v) is 8.13. The predicted octanol–water partition coefficient (Wildman–Crippen LogP) is 6.14. The number of nitrogens with zero attached hydrogens (tertiary/aromatic N) is 2. The van der Waals surface area contributed by atoms with Gasteiger partial charge in [0.05, 0.1) is 18.9 Å². The van der Waals surface area contributed by atoms with Gasteiger partial charge in [-0.05, 0) is 105 Å². The van der Waals surface area contributed by atoms with Crippen LogP contribution < -0.4 is 4.74 Å². The Morgan fingerprint density at radius 2 is 2.14 bits per heavy atom. The quantitative estimate of drug-likeness (QED) is 0.225. The Balaban J connectivity index is 1.29. The molecule has 0 spiro atoms. The smallest absolute Gasteiger partial charge is 0.303 e. The SMILES string of the molecule is COc1ccc2nccc(CCC[C@@H]3CCN(CCCSc4ccco4)C[C@@H]3CCC(=O)O)c2c1. The summed E-state index contributed by atoms with van der Waals surface area (Å²) in [7, 11) is 1.69. The van der Waals surface area contributed by atoms with Crippen molar-refractivity contribution in [3.05, 3.63) is 54.4 Å². The number of hydrogen-bond acceptors (Lipinski definition) is 6. The highest BCUT2D eigenvalue weighted by molar-refractivity contribution is 7.99. The fraction of sp³-hybridized carbons (Fsp3) is 0.500. The summed E-state index contributed by atoms with van der Waals surface area (Å²) in [6.07, 6.45) is 10.1. The lowest BCUT2D eigenvalue weighted by molar-refractivity contribution is -0.137. The number of likely N-dealkylation sites (tertiary alicyclic amines) is 1. The number of carbonyl (C=O) groups is 1. The van der Waals surface area contributed by atoms with Crippen LogP contribution in [0.25, 0.3) is 10.9 Å². The van der Waals surface area contributed by atoms with E-state index in [4.69, 9.17) is 9.15 Å². The lowest BCUT2D eigenvalue weighted by atomic mass is 9.79. The zero-order valence-corrected chi connectivity index (χ0v) is 21.3. The molecule has 0 bridgehead atoms. The number of methoxy groups -OCH3 is 1. The van der Waals surface area contributed by atoms with E-state index in [1.54, 1.807) is 25.1 Å². The number of aryl methyl sites for hydroxylation is 1. The molecule has 35 heavy (non-hydrogen) atoms. The molecule has 0 unspecified atom stereocenters. The number of pyridine rings is 1. The van der Waals surface area contributed by atoms with E-state index in [1.807, 2.05) is 30.5 Å². The number of aliphatic carboxylic acids is 1. The first kappa shape index (κ1) is 25.6. The van der Waals surface area contributed by atoms with Crippen molar-refractivity contribution in [3.8, 4) is 5.75 Å². The van der Waals surface area contributed by atoms with E-state index in [-0.39, 0.29) is 6.42 Å². The molecule has 1 aliphatic heterocycles. The number of benzene rings is 1. The van der Waals surface area contributed by atoms with E-state index in [9.17, 15) is 9.90 Å². The molecule has 0 aliphatic carbocycles. The number of carboxylic acids is 1. The zero-order chi connectivity index (χ0) is 24.5. The van der Waals surface area contributed by atoms with Crippen LogP contribution in [0.2, 0.25) is 0 Å². The number of carboxylic acid groups (broad SMARTS) is 1. The van der Waals surface area contributed by atoms with Gasteiger partial charge < -0.3 is 19.2 Å². The van der Waals surface area contributed by atoms with Gasteiger partial charge in [0.25, 0.3) is 0 Å². The van der Waals surface area contributed by atoms with Crippen LogP contribution in [-0.4, -0.2) is 53.5 Å². The Morgan fingerprint density at radius 1 is 1.23 bits per heavy atom. The highest BCUT2D eigenvalue weighted by Gasteiger charge is 2.29. The summed E-state index contributed by atoms with van der Waals surface area (Å²) >= 11 is 1.76. The molecular formula is C28H36N2O4S. The molecule has 4 rings (SSSR count). The van der Waals surface area contributed by atoms with Crippen molar-refractivity contribution in [1.29, 1.82) is 0 Å². The van der Waals surface area contributed by atoms with E-state index < -0.39 is 5.97 Å². The number of furan rings is 1. The molecule has 188 valence electrons. The largest absolute Gasteiger partial charge is 0.497 e. The van der Waals surface area contributed by atoms with Crippen molar-refractivity contribution >= 4 is 28.6 Å². The van der Waals surface area contributed by atoms with Gasteiger partial charge in [-0.15, -0.1) is 0 Å². The molecule has 0 amide bonds. The molecule has 1 N–H and O–H groups in total. The van der Waals surface area contributed by atoms with Gasteiger partial charge in [0.1, 0.15) is 5.75 Å². The number of thioether (sulfide) groups is 1. The fourth-order valence-electron chi connectivity index (χ4n) is 5.26. The van der Waals surface area contributed by atoms with E-state index >= 15 is 0 Å². The summed E-state index contributed by atoms with van der Waals surface area (Å²) in [6, 6.07) is 12.1.